The fourth-order valence-electron chi connectivity index (χ4n) is 9.11. The van der Waals surface area contributed by atoms with Crippen LogP contribution in [0.5, 0.6) is 0 Å². The van der Waals surface area contributed by atoms with Gasteiger partial charge < -0.3 is 4.57 Å². The minimum Gasteiger partial charge on any atom is -0.309 e. The maximum Gasteiger partial charge on any atom is 0.0553 e. The van der Waals surface area contributed by atoms with E-state index < -0.39 is 0 Å². The Labute approximate surface area is 278 Å². The first-order chi connectivity index (χ1) is 22.6. The molecule has 0 fully saturated rings. The molecule has 0 saturated carbocycles. The van der Waals surface area contributed by atoms with Crippen LogP contribution < -0.4 is 0 Å². The summed E-state index contributed by atoms with van der Waals surface area (Å²) in [5.74, 6) is 0.506. The summed E-state index contributed by atoms with van der Waals surface area (Å²) in [6, 6.07) is 40.2. The van der Waals surface area contributed by atoms with Crippen LogP contribution in [-0.4, -0.2) is 4.57 Å². The number of fused-ring (bicyclic) bond motifs is 8. The Morgan fingerprint density at radius 1 is 0.660 bits per heavy atom. The molecular weight excluding hydrogens is 567 g/mol. The summed E-state index contributed by atoms with van der Waals surface area (Å²) < 4.78 is 2.50. The van der Waals surface area contributed by atoms with E-state index in [0.717, 1.165) is 12.8 Å². The van der Waals surface area contributed by atoms with Crippen LogP contribution in [0.25, 0.3) is 70.9 Å². The average Bonchev–Trinajstić information content (AvgIpc) is 3.52. The van der Waals surface area contributed by atoms with E-state index in [1.54, 1.807) is 0 Å². The molecule has 0 saturated heterocycles. The molecule has 1 atom stereocenters. The second kappa shape index (κ2) is 9.71. The van der Waals surface area contributed by atoms with Gasteiger partial charge in [-0.3, -0.25) is 0 Å². The SMILES string of the molecule is CCCC1(C)c2ccccc2-c2cc3ccc4cc5c(c6ccc(c21)c3c46)c1cc(C(C)(C)C)ccc1n5-c1ccc(C(C)C)cc1. The van der Waals surface area contributed by atoms with Gasteiger partial charge in [0.1, 0.15) is 0 Å². The van der Waals surface area contributed by atoms with Crippen LogP contribution in [0, 0.1) is 0 Å². The molecule has 8 aromatic rings. The van der Waals surface area contributed by atoms with E-state index in [1.165, 1.54) is 93.2 Å². The van der Waals surface area contributed by atoms with Crippen molar-refractivity contribution in [3.8, 4) is 16.8 Å². The first-order valence-corrected chi connectivity index (χ1v) is 17.5. The number of nitrogens with zero attached hydrogens (tertiary/aromatic N) is 1. The van der Waals surface area contributed by atoms with Gasteiger partial charge in [-0.05, 0) is 120 Å². The lowest BCUT2D eigenvalue weighted by Gasteiger charge is -2.29. The maximum atomic E-state index is 2.50. The van der Waals surface area contributed by atoms with Crippen LogP contribution >= 0.6 is 0 Å². The van der Waals surface area contributed by atoms with E-state index in [4.69, 9.17) is 0 Å². The van der Waals surface area contributed by atoms with E-state index in [9.17, 15) is 0 Å². The van der Waals surface area contributed by atoms with Gasteiger partial charge in [0.2, 0.25) is 0 Å². The molecule has 1 heterocycles. The van der Waals surface area contributed by atoms with Crippen molar-refractivity contribution in [2.24, 2.45) is 0 Å². The van der Waals surface area contributed by atoms with Gasteiger partial charge in [0.05, 0.1) is 11.0 Å². The highest BCUT2D eigenvalue weighted by Crippen LogP contribution is 2.56. The third-order valence-corrected chi connectivity index (χ3v) is 11.4. The highest BCUT2D eigenvalue weighted by Gasteiger charge is 2.40. The first-order valence-electron chi connectivity index (χ1n) is 17.5. The van der Waals surface area contributed by atoms with Gasteiger partial charge in [0.15, 0.2) is 0 Å². The molecule has 1 unspecified atom stereocenters. The minimum absolute atomic E-state index is 0.00189. The zero-order valence-electron chi connectivity index (χ0n) is 28.8. The molecule has 0 radical (unpaired) electrons. The molecule has 1 aromatic heterocycles. The molecule has 232 valence electrons. The minimum atomic E-state index is -0.00189. The predicted octanol–water partition coefficient (Wildman–Crippen LogP) is 13.2. The van der Waals surface area contributed by atoms with E-state index in [1.807, 2.05) is 0 Å². The molecule has 47 heavy (non-hydrogen) atoms. The summed E-state index contributed by atoms with van der Waals surface area (Å²) in [6.07, 6.45) is 2.30. The number of rotatable bonds is 4. The van der Waals surface area contributed by atoms with Gasteiger partial charge in [-0.15, -0.1) is 0 Å². The van der Waals surface area contributed by atoms with Gasteiger partial charge in [-0.2, -0.15) is 0 Å². The van der Waals surface area contributed by atoms with Crippen molar-refractivity contribution in [3.05, 3.63) is 125 Å². The maximum absolute atomic E-state index is 2.50. The molecule has 1 nitrogen and oxygen atoms in total. The van der Waals surface area contributed by atoms with Gasteiger partial charge in [-0.25, -0.2) is 0 Å². The van der Waals surface area contributed by atoms with E-state index in [2.05, 4.69) is 156 Å². The lowest BCUT2D eigenvalue weighted by atomic mass is 9.74. The van der Waals surface area contributed by atoms with Crippen LogP contribution in [0.2, 0.25) is 0 Å². The second-order valence-corrected chi connectivity index (χ2v) is 15.7. The number of hydrogen-bond donors (Lipinski definition) is 0. The van der Waals surface area contributed by atoms with Crippen LogP contribution in [0.15, 0.2) is 103 Å². The molecule has 0 amide bonds. The Hall–Kier alpha value is -4.62. The lowest BCUT2D eigenvalue weighted by molar-refractivity contribution is 0.528. The molecule has 0 aliphatic heterocycles. The van der Waals surface area contributed by atoms with Crippen molar-refractivity contribution >= 4 is 54.1 Å². The van der Waals surface area contributed by atoms with Crippen molar-refractivity contribution in [3.63, 3.8) is 0 Å². The van der Waals surface area contributed by atoms with Gasteiger partial charge in [-0.1, -0.05) is 122 Å². The number of aromatic nitrogens is 1. The highest BCUT2D eigenvalue weighted by atomic mass is 15.0. The zero-order valence-corrected chi connectivity index (χ0v) is 28.8. The van der Waals surface area contributed by atoms with Crippen molar-refractivity contribution in [1.82, 2.24) is 4.57 Å². The van der Waals surface area contributed by atoms with Crippen LogP contribution in [-0.2, 0) is 10.8 Å². The van der Waals surface area contributed by atoms with Crippen molar-refractivity contribution in [2.45, 2.75) is 78.1 Å². The quantitative estimate of drug-likeness (QED) is 0.175. The molecule has 0 spiro atoms. The van der Waals surface area contributed by atoms with E-state index in [0.29, 0.717) is 5.92 Å². The topological polar surface area (TPSA) is 4.93 Å². The van der Waals surface area contributed by atoms with Crippen LogP contribution in [0.1, 0.15) is 89.5 Å². The fraction of sp³-hybridized carbons (Fsp3) is 0.261. The summed E-state index contributed by atoms with van der Waals surface area (Å²) in [7, 11) is 0. The Morgan fingerprint density at radius 2 is 1.36 bits per heavy atom. The Kier molecular flexibility index (Phi) is 5.90. The number of hydrogen-bond acceptors (Lipinski definition) is 0. The third kappa shape index (κ3) is 3.83. The molecule has 1 heteroatoms. The Bertz CT molecular complexity index is 2530. The van der Waals surface area contributed by atoms with E-state index >= 15 is 0 Å². The van der Waals surface area contributed by atoms with Crippen LogP contribution in [0.3, 0.4) is 0 Å². The van der Waals surface area contributed by atoms with Crippen LogP contribution in [0.4, 0.5) is 0 Å². The Balaban J connectivity index is 1.43. The normalized spacial score (nSPS) is 16.4. The largest absolute Gasteiger partial charge is 0.309 e. The standard InChI is InChI=1S/C46H43N/c1-8-23-46(7)38-12-10-9-11-33(38)36-24-29-13-14-30-25-40-43(34-20-21-35(44(36)46)42(29)41(30)34)37-26-31(45(4,5)6)17-22-39(37)47(40)32-18-15-28(16-19-32)27(2)3/h9-22,24-27H,8,23H2,1-7H3. The average molecular weight is 610 g/mol. The molecular formula is C46H43N. The summed E-state index contributed by atoms with van der Waals surface area (Å²) in [6.45, 7) is 16.3. The molecule has 1 aliphatic carbocycles. The molecule has 1 aliphatic rings. The molecule has 0 N–H and O–H groups in total. The predicted molar refractivity (Wildman–Crippen MR) is 204 cm³/mol. The van der Waals surface area contributed by atoms with Crippen molar-refractivity contribution in [1.29, 1.82) is 0 Å². The van der Waals surface area contributed by atoms with Gasteiger partial charge >= 0.3 is 0 Å². The summed E-state index contributed by atoms with van der Waals surface area (Å²) >= 11 is 0. The van der Waals surface area contributed by atoms with E-state index in [-0.39, 0.29) is 10.8 Å². The number of benzene rings is 7. The third-order valence-electron chi connectivity index (χ3n) is 11.4. The monoisotopic (exact) mass is 609 g/mol. The molecule has 9 rings (SSSR count). The van der Waals surface area contributed by atoms with Crippen molar-refractivity contribution in [2.75, 3.05) is 0 Å². The first kappa shape index (κ1) is 28.6. The molecule has 0 bridgehead atoms. The summed E-state index contributed by atoms with van der Waals surface area (Å²) in [5.41, 5.74) is 12.4. The van der Waals surface area contributed by atoms with Crippen molar-refractivity contribution < 1.29 is 0 Å². The second-order valence-electron chi connectivity index (χ2n) is 15.7. The lowest BCUT2D eigenvalue weighted by Crippen LogP contribution is -2.20. The fourth-order valence-corrected chi connectivity index (χ4v) is 9.11. The van der Waals surface area contributed by atoms with Gasteiger partial charge in [0, 0.05) is 21.9 Å². The highest BCUT2D eigenvalue weighted by molar-refractivity contribution is 6.34. The van der Waals surface area contributed by atoms with Gasteiger partial charge in [0.25, 0.3) is 0 Å². The summed E-state index contributed by atoms with van der Waals surface area (Å²) in [4.78, 5) is 0. The summed E-state index contributed by atoms with van der Waals surface area (Å²) in [5, 5.41) is 11.0. The molecule has 7 aromatic carbocycles. The smallest absolute Gasteiger partial charge is 0.0553 e. The Morgan fingerprint density at radius 3 is 2.09 bits per heavy atom. The zero-order chi connectivity index (χ0) is 32.4.